The molecular formula is C22H21ClFN3O4. The highest BCUT2D eigenvalue weighted by Gasteiger charge is 2.21. The molecule has 1 aromatic heterocycles. The van der Waals surface area contributed by atoms with Crippen molar-refractivity contribution in [1.82, 2.24) is 9.78 Å². The van der Waals surface area contributed by atoms with Crippen LogP contribution in [0.4, 0.5) is 10.1 Å². The van der Waals surface area contributed by atoms with Gasteiger partial charge in [0, 0.05) is 23.2 Å². The number of amides is 1. The number of carbonyl (C=O) groups excluding carboxylic acids is 1. The van der Waals surface area contributed by atoms with E-state index in [1.54, 1.807) is 19.1 Å². The Labute approximate surface area is 183 Å². The molecule has 0 fully saturated rings. The number of nitrogens with zero attached hydrogens (tertiary/aromatic N) is 2. The number of hydrogen-bond acceptors (Lipinski definition) is 5. The predicted molar refractivity (Wildman–Crippen MR) is 116 cm³/mol. The topological polar surface area (TPSA) is 82.5 Å². The van der Waals surface area contributed by atoms with E-state index in [9.17, 15) is 14.0 Å². The maximum Gasteiger partial charge on any atom is 0.271 e. The van der Waals surface area contributed by atoms with Crippen LogP contribution < -0.4 is 20.3 Å². The van der Waals surface area contributed by atoms with Gasteiger partial charge in [0.15, 0.2) is 6.10 Å². The van der Waals surface area contributed by atoms with Crippen molar-refractivity contribution < 1.29 is 18.7 Å². The van der Waals surface area contributed by atoms with E-state index >= 15 is 0 Å². The Morgan fingerprint density at radius 3 is 2.58 bits per heavy atom. The van der Waals surface area contributed by atoms with Gasteiger partial charge in [0.25, 0.3) is 11.5 Å². The second-order valence-electron chi connectivity index (χ2n) is 6.70. The molecule has 0 unspecified atom stereocenters. The van der Waals surface area contributed by atoms with Crippen molar-refractivity contribution in [2.75, 3.05) is 12.4 Å². The molecule has 3 aromatic rings. The molecule has 9 heteroatoms. The minimum atomic E-state index is -0.882. The van der Waals surface area contributed by atoms with Crippen molar-refractivity contribution in [3.05, 3.63) is 75.3 Å². The van der Waals surface area contributed by atoms with E-state index in [4.69, 9.17) is 21.1 Å². The maximum atomic E-state index is 13.2. The number of methoxy groups -OCH3 is 1. The molecule has 0 aliphatic heterocycles. The minimum absolute atomic E-state index is 0.0742. The van der Waals surface area contributed by atoms with Crippen LogP contribution in [0.25, 0.3) is 5.69 Å². The number of nitrogens with one attached hydrogen (secondary N) is 1. The first-order chi connectivity index (χ1) is 14.8. The van der Waals surface area contributed by atoms with E-state index in [2.05, 4.69) is 10.4 Å². The quantitative estimate of drug-likeness (QED) is 0.591. The van der Waals surface area contributed by atoms with E-state index in [0.29, 0.717) is 28.6 Å². The van der Waals surface area contributed by atoms with Crippen LogP contribution in [0.1, 0.15) is 18.9 Å². The fourth-order valence-electron chi connectivity index (χ4n) is 2.84. The lowest BCUT2D eigenvalue weighted by Gasteiger charge is -2.18. The number of halogens is 2. The lowest BCUT2D eigenvalue weighted by molar-refractivity contribution is -0.123. The third kappa shape index (κ3) is 5.21. The highest BCUT2D eigenvalue weighted by atomic mass is 35.5. The van der Waals surface area contributed by atoms with Gasteiger partial charge in [-0.05, 0) is 49.2 Å². The van der Waals surface area contributed by atoms with Gasteiger partial charge in [-0.15, -0.1) is 5.10 Å². The second-order valence-corrected chi connectivity index (χ2v) is 7.11. The average molecular weight is 446 g/mol. The molecular weight excluding hydrogens is 425 g/mol. The lowest BCUT2D eigenvalue weighted by atomic mass is 10.2. The minimum Gasteiger partial charge on any atom is -0.495 e. The molecule has 0 aliphatic rings. The monoisotopic (exact) mass is 445 g/mol. The number of aryl methyl sites for hydroxylation is 1. The molecule has 0 saturated heterocycles. The zero-order chi connectivity index (χ0) is 22.5. The van der Waals surface area contributed by atoms with Gasteiger partial charge in [-0.1, -0.05) is 18.5 Å². The Morgan fingerprint density at radius 1 is 1.23 bits per heavy atom. The van der Waals surface area contributed by atoms with Crippen LogP contribution in [0.5, 0.6) is 11.6 Å². The Hall–Kier alpha value is -3.39. The zero-order valence-corrected chi connectivity index (χ0v) is 17.9. The van der Waals surface area contributed by atoms with E-state index in [0.717, 1.165) is 10.2 Å². The SMILES string of the molecule is CC[C@@H](Oc1ccc(=O)n(-c2ccc(F)cc2)n1)C(=O)Nc1cc(C)c(Cl)cc1OC. The fourth-order valence-corrected chi connectivity index (χ4v) is 2.99. The van der Waals surface area contributed by atoms with Gasteiger partial charge in [0.1, 0.15) is 11.6 Å². The van der Waals surface area contributed by atoms with Crippen molar-refractivity contribution in [1.29, 1.82) is 0 Å². The molecule has 2 aromatic carbocycles. The molecule has 0 spiro atoms. The summed E-state index contributed by atoms with van der Waals surface area (Å²) < 4.78 is 25.3. The summed E-state index contributed by atoms with van der Waals surface area (Å²) in [6, 6.07) is 11.3. The van der Waals surface area contributed by atoms with Crippen LogP contribution in [0.3, 0.4) is 0 Å². The summed E-state index contributed by atoms with van der Waals surface area (Å²) in [6.07, 6.45) is -0.537. The lowest BCUT2D eigenvalue weighted by Crippen LogP contribution is -2.33. The number of hydrogen-bond donors (Lipinski definition) is 1. The first kappa shape index (κ1) is 22.3. The largest absolute Gasteiger partial charge is 0.495 e. The first-order valence-corrected chi connectivity index (χ1v) is 9.88. The molecule has 162 valence electrons. The molecule has 3 rings (SSSR count). The number of aromatic nitrogens is 2. The average Bonchev–Trinajstić information content (AvgIpc) is 2.76. The standard InChI is InChI=1S/C22H21ClFN3O4/c1-4-18(22(29)25-17-11-13(2)16(23)12-19(17)30-3)31-20-9-10-21(28)27(26-20)15-7-5-14(24)6-8-15/h5-12,18H,4H2,1-3H3,(H,25,29)/t18-/m1/s1. The van der Waals surface area contributed by atoms with Gasteiger partial charge in [-0.25, -0.2) is 4.39 Å². The smallest absolute Gasteiger partial charge is 0.271 e. The summed E-state index contributed by atoms with van der Waals surface area (Å²) in [6.45, 7) is 3.60. The number of ether oxygens (including phenoxy) is 2. The van der Waals surface area contributed by atoms with Crippen molar-refractivity contribution in [2.45, 2.75) is 26.4 Å². The van der Waals surface area contributed by atoms with Crippen molar-refractivity contribution in [3.63, 3.8) is 0 Å². The van der Waals surface area contributed by atoms with E-state index < -0.39 is 23.4 Å². The normalized spacial score (nSPS) is 11.6. The van der Waals surface area contributed by atoms with Crippen molar-refractivity contribution in [3.8, 4) is 17.3 Å². The van der Waals surface area contributed by atoms with Crippen molar-refractivity contribution >= 4 is 23.2 Å². The van der Waals surface area contributed by atoms with Crippen LogP contribution in [-0.4, -0.2) is 28.9 Å². The fraction of sp³-hybridized carbons (Fsp3) is 0.227. The van der Waals surface area contributed by atoms with E-state index in [1.807, 2.05) is 6.92 Å². The third-order valence-corrected chi connectivity index (χ3v) is 4.92. The van der Waals surface area contributed by atoms with Gasteiger partial charge in [0.05, 0.1) is 18.5 Å². The molecule has 0 saturated carbocycles. The molecule has 1 atom stereocenters. The third-order valence-electron chi connectivity index (χ3n) is 4.51. The van der Waals surface area contributed by atoms with Crippen LogP contribution in [0.2, 0.25) is 5.02 Å². The number of anilines is 1. The molecule has 1 heterocycles. The summed E-state index contributed by atoms with van der Waals surface area (Å²) in [5, 5.41) is 7.44. The first-order valence-electron chi connectivity index (χ1n) is 9.50. The molecule has 0 bridgehead atoms. The molecule has 1 amide bonds. The molecule has 0 radical (unpaired) electrons. The van der Waals surface area contributed by atoms with Crippen molar-refractivity contribution in [2.24, 2.45) is 0 Å². The maximum absolute atomic E-state index is 13.2. The van der Waals surface area contributed by atoms with Gasteiger partial charge >= 0.3 is 0 Å². The van der Waals surface area contributed by atoms with Crippen LogP contribution in [-0.2, 0) is 4.79 Å². The Balaban J connectivity index is 1.82. The molecule has 31 heavy (non-hydrogen) atoms. The van der Waals surface area contributed by atoms with Gasteiger partial charge in [-0.3, -0.25) is 9.59 Å². The van der Waals surface area contributed by atoms with Crippen LogP contribution >= 0.6 is 11.6 Å². The molecule has 1 N–H and O–H groups in total. The van der Waals surface area contributed by atoms with Gasteiger partial charge in [-0.2, -0.15) is 4.68 Å². The number of benzene rings is 2. The summed E-state index contributed by atoms with van der Waals surface area (Å²) in [5.41, 5.74) is 1.19. The molecule has 7 nitrogen and oxygen atoms in total. The number of carbonyl (C=O) groups is 1. The van der Waals surface area contributed by atoms with E-state index in [-0.39, 0.29) is 5.88 Å². The van der Waals surface area contributed by atoms with E-state index in [1.165, 1.54) is 43.5 Å². The molecule has 0 aliphatic carbocycles. The Bertz CT molecular complexity index is 1150. The highest BCUT2D eigenvalue weighted by molar-refractivity contribution is 6.31. The van der Waals surface area contributed by atoms with Gasteiger partial charge in [0.2, 0.25) is 5.88 Å². The summed E-state index contributed by atoms with van der Waals surface area (Å²) in [4.78, 5) is 25.0. The summed E-state index contributed by atoms with van der Waals surface area (Å²) in [7, 11) is 1.48. The van der Waals surface area contributed by atoms with Crippen LogP contribution in [0, 0.1) is 12.7 Å². The Kier molecular flexibility index (Phi) is 6.91. The highest BCUT2D eigenvalue weighted by Crippen LogP contribution is 2.31. The van der Waals surface area contributed by atoms with Crippen LogP contribution in [0.15, 0.2) is 53.3 Å². The van der Waals surface area contributed by atoms with Gasteiger partial charge < -0.3 is 14.8 Å². The second kappa shape index (κ2) is 9.61. The predicted octanol–water partition coefficient (Wildman–Crippen LogP) is 4.14. The number of rotatable bonds is 7. The zero-order valence-electron chi connectivity index (χ0n) is 17.2. The Morgan fingerprint density at radius 2 is 1.94 bits per heavy atom. The summed E-state index contributed by atoms with van der Waals surface area (Å²) in [5.74, 6) is -0.351. The summed E-state index contributed by atoms with van der Waals surface area (Å²) >= 11 is 6.11.